The highest BCUT2D eigenvalue weighted by atomic mass is 19.4. The van der Waals surface area contributed by atoms with Gasteiger partial charge in [0.15, 0.2) is 0 Å². The summed E-state index contributed by atoms with van der Waals surface area (Å²) in [6, 6.07) is 68.6. The van der Waals surface area contributed by atoms with Gasteiger partial charge in [0.1, 0.15) is 0 Å². The van der Waals surface area contributed by atoms with E-state index in [1.165, 1.54) is 55.8 Å². The van der Waals surface area contributed by atoms with E-state index in [1.807, 2.05) is 83.8 Å². The molecule has 0 atom stereocenters. The Labute approximate surface area is 359 Å². The first kappa shape index (κ1) is 38.2. The van der Waals surface area contributed by atoms with E-state index in [9.17, 15) is 22.0 Å². The summed E-state index contributed by atoms with van der Waals surface area (Å²) in [5.41, 5.74) is 12.9. The SMILES string of the molecule is FC(F)(F)C(F)(F)c1ccc(N(c2ccc(-c3ccccc3)cc2)c2ccc(-c3ccc(-c4ccc(-c5cc6c7ccccc7n7c8ccccc8c(c5)c67)cc4)cc3)cc2)cc1. The molecule has 0 bridgehead atoms. The first-order valence-corrected chi connectivity index (χ1v) is 20.6. The summed E-state index contributed by atoms with van der Waals surface area (Å²) in [6.45, 7) is 0. The molecule has 9 aromatic carbocycles. The van der Waals surface area contributed by atoms with Crippen molar-refractivity contribution >= 4 is 55.2 Å². The highest BCUT2D eigenvalue weighted by Crippen LogP contribution is 2.46. The predicted molar refractivity (Wildman–Crippen MR) is 247 cm³/mol. The lowest BCUT2D eigenvalue weighted by Crippen LogP contribution is -2.33. The molecule has 7 heteroatoms. The minimum Gasteiger partial charge on any atom is -0.311 e. The summed E-state index contributed by atoms with van der Waals surface area (Å²) in [6.07, 6.45) is -5.70. The number of rotatable bonds is 8. The lowest BCUT2D eigenvalue weighted by atomic mass is 9.96. The molecule has 0 unspecified atom stereocenters. The molecular formula is C56H35F5N2. The van der Waals surface area contributed by atoms with Crippen molar-refractivity contribution in [1.82, 2.24) is 4.40 Å². The average Bonchev–Trinajstić information content (AvgIpc) is 3.84. The third-order valence-corrected chi connectivity index (χ3v) is 12.2. The number of hydrogen-bond donors (Lipinski definition) is 0. The van der Waals surface area contributed by atoms with Crippen LogP contribution in [0.1, 0.15) is 5.56 Å². The van der Waals surface area contributed by atoms with E-state index in [1.54, 1.807) is 0 Å². The quantitative estimate of drug-likeness (QED) is 0.138. The molecule has 0 aliphatic rings. The Kier molecular flexibility index (Phi) is 8.91. The molecule has 0 N–H and O–H groups in total. The normalized spacial score (nSPS) is 12.2. The zero-order valence-electron chi connectivity index (χ0n) is 33.5. The van der Waals surface area contributed by atoms with Crippen molar-refractivity contribution in [3.05, 3.63) is 218 Å². The summed E-state index contributed by atoms with van der Waals surface area (Å²) >= 11 is 0. The van der Waals surface area contributed by atoms with Crippen molar-refractivity contribution in [2.45, 2.75) is 12.1 Å². The van der Waals surface area contributed by atoms with Gasteiger partial charge >= 0.3 is 12.1 Å². The number of fused-ring (bicyclic) bond motifs is 6. The van der Waals surface area contributed by atoms with Gasteiger partial charge in [0.05, 0.1) is 16.6 Å². The van der Waals surface area contributed by atoms with Crippen molar-refractivity contribution in [3.63, 3.8) is 0 Å². The van der Waals surface area contributed by atoms with Gasteiger partial charge in [-0.2, -0.15) is 22.0 Å². The van der Waals surface area contributed by atoms with Crippen molar-refractivity contribution in [2.24, 2.45) is 0 Å². The maximum absolute atomic E-state index is 14.3. The maximum atomic E-state index is 14.3. The first-order chi connectivity index (χ1) is 30.6. The van der Waals surface area contributed by atoms with Crippen LogP contribution in [0.25, 0.3) is 82.6 Å². The van der Waals surface area contributed by atoms with Crippen molar-refractivity contribution in [1.29, 1.82) is 0 Å². The Morgan fingerprint density at radius 2 is 0.651 bits per heavy atom. The van der Waals surface area contributed by atoms with Crippen LogP contribution in [0.3, 0.4) is 0 Å². The predicted octanol–water partition coefficient (Wildman–Crippen LogP) is 16.6. The molecule has 0 aliphatic heterocycles. The van der Waals surface area contributed by atoms with E-state index in [0.717, 1.165) is 51.1 Å². The Morgan fingerprint density at radius 3 is 1.06 bits per heavy atom. The lowest BCUT2D eigenvalue weighted by Gasteiger charge is -2.27. The van der Waals surface area contributed by atoms with Crippen LogP contribution < -0.4 is 4.90 Å². The highest BCUT2D eigenvalue weighted by Gasteiger charge is 2.58. The molecule has 0 spiro atoms. The number of anilines is 3. The number of nitrogens with zero attached hydrogens (tertiary/aromatic N) is 2. The van der Waals surface area contributed by atoms with Crippen LogP contribution in [0.2, 0.25) is 0 Å². The highest BCUT2D eigenvalue weighted by molar-refractivity contribution is 6.24. The van der Waals surface area contributed by atoms with E-state index in [2.05, 4.69) is 114 Å². The van der Waals surface area contributed by atoms with Crippen molar-refractivity contribution in [3.8, 4) is 44.5 Å². The van der Waals surface area contributed by atoms with Gasteiger partial charge in [0.25, 0.3) is 0 Å². The van der Waals surface area contributed by atoms with E-state index in [0.29, 0.717) is 17.1 Å². The largest absolute Gasteiger partial charge is 0.458 e. The molecule has 2 nitrogen and oxygen atoms in total. The number of hydrogen-bond acceptors (Lipinski definition) is 1. The van der Waals surface area contributed by atoms with Gasteiger partial charge in [-0.1, -0.05) is 152 Å². The molecule has 63 heavy (non-hydrogen) atoms. The number of alkyl halides is 5. The van der Waals surface area contributed by atoms with Crippen LogP contribution in [0.5, 0.6) is 0 Å². The lowest BCUT2D eigenvalue weighted by molar-refractivity contribution is -0.289. The molecule has 0 fully saturated rings. The van der Waals surface area contributed by atoms with Crippen LogP contribution in [0.15, 0.2) is 212 Å². The number of aromatic nitrogens is 1. The van der Waals surface area contributed by atoms with Crippen LogP contribution >= 0.6 is 0 Å². The molecule has 304 valence electrons. The molecule has 2 aromatic heterocycles. The van der Waals surface area contributed by atoms with Gasteiger partial charge < -0.3 is 9.30 Å². The Hall–Kier alpha value is -7.77. The fourth-order valence-electron chi connectivity index (χ4n) is 8.99. The number of halogens is 5. The third-order valence-electron chi connectivity index (χ3n) is 12.2. The summed E-state index contributed by atoms with van der Waals surface area (Å²) in [5, 5.41) is 4.99. The summed E-state index contributed by atoms with van der Waals surface area (Å²) in [5.74, 6) is -4.97. The standard InChI is InChI=1S/C56H35F5N2/c57-55(58,56(59,60)61)44-26-32-47(33-27-44)62(45-28-22-40(23-29-45)36-8-2-1-3-9-36)46-30-24-41(25-31-46)39-16-14-37(15-17-39)38-18-20-42(21-19-38)43-34-50-48-10-4-6-12-52(48)63-53-13-7-5-11-49(53)51(35-43)54(50)63/h1-35H. The molecule has 0 radical (unpaired) electrons. The van der Waals surface area contributed by atoms with Crippen molar-refractivity contribution < 1.29 is 22.0 Å². The molecular weight excluding hydrogens is 796 g/mol. The van der Waals surface area contributed by atoms with E-state index in [-0.39, 0.29) is 0 Å². The zero-order valence-corrected chi connectivity index (χ0v) is 33.5. The Balaban J connectivity index is 0.874. The second-order valence-electron chi connectivity index (χ2n) is 15.9. The van der Waals surface area contributed by atoms with Crippen LogP contribution in [0.4, 0.5) is 39.0 Å². The number of para-hydroxylation sites is 2. The maximum Gasteiger partial charge on any atom is 0.458 e. The summed E-state index contributed by atoms with van der Waals surface area (Å²) in [7, 11) is 0. The molecule has 2 heterocycles. The van der Waals surface area contributed by atoms with Crippen molar-refractivity contribution in [2.75, 3.05) is 4.90 Å². The second kappa shape index (κ2) is 14.7. The minimum atomic E-state index is -5.70. The van der Waals surface area contributed by atoms with Gasteiger partial charge in [-0.25, -0.2) is 0 Å². The van der Waals surface area contributed by atoms with Crippen LogP contribution in [-0.2, 0) is 5.92 Å². The first-order valence-electron chi connectivity index (χ1n) is 20.6. The van der Waals surface area contributed by atoms with Crippen LogP contribution in [0, 0.1) is 0 Å². The van der Waals surface area contributed by atoms with Gasteiger partial charge in [0.2, 0.25) is 0 Å². The Morgan fingerprint density at radius 1 is 0.317 bits per heavy atom. The number of benzene rings is 9. The van der Waals surface area contributed by atoms with E-state index < -0.39 is 17.7 Å². The summed E-state index contributed by atoms with van der Waals surface area (Å²) in [4.78, 5) is 1.84. The molecule has 11 rings (SSSR count). The van der Waals surface area contributed by atoms with Gasteiger partial charge in [-0.05, 0) is 105 Å². The summed E-state index contributed by atoms with van der Waals surface area (Å²) < 4.78 is 70.5. The van der Waals surface area contributed by atoms with Gasteiger partial charge in [-0.3, -0.25) is 0 Å². The monoisotopic (exact) mass is 830 g/mol. The Bertz CT molecular complexity index is 3330. The molecule has 0 aliphatic carbocycles. The minimum absolute atomic E-state index is 0.435. The molecule has 0 saturated carbocycles. The zero-order chi connectivity index (χ0) is 42.9. The molecule has 0 amide bonds. The third kappa shape index (κ3) is 6.47. The second-order valence-corrected chi connectivity index (χ2v) is 15.9. The molecule has 0 saturated heterocycles. The topological polar surface area (TPSA) is 7.65 Å². The fourth-order valence-corrected chi connectivity index (χ4v) is 8.99. The fraction of sp³-hybridized carbons (Fsp3) is 0.0357. The molecule has 11 aromatic rings. The van der Waals surface area contributed by atoms with E-state index in [4.69, 9.17) is 0 Å². The average molecular weight is 831 g/mol. The van der Waals surface area contributed by atoms with E-state index >= 15 is 0 Å². The van der Waals surface area contributed by atoms with Gasteiger partial charge in [-0.15, -0.1) is 0 Å². The van der Waals surface area contributed by atoms with Gasteiger partial charge in [0, 0.05) is 44.2 Å². The van der Waals surface area contributed by atoms with Crippen LogP contribution in [-0.4, -0.2) is 10.6 Å². The smallest absolute Gasteiger partial charge is 0.311 e.